The number of aromatic nitrogens is 2. The Morgan fingerprint density at radius 2 is 1.66 bits per heavy atom. The standard InChI is InChI=1S/C23H34N4O2/c1-22(2,3)27-19(9-18(26-27)17-4-5-17)21(29)25-24-20(28)13-23-10-14-6-15(11-23)8-16(7-14)12-23/h9,14-17H,4-8,10-13H2,1-3H3,(H,24,28)(H,25,29). The summed E-state index contributed by atoms with van der Waals surface area (Å²) < 4.78 is 1.79. The van der Waals surface area contributed by atoms with Crippen LogP contribution in [0.4, 0.5) is 0 Å². The second-order valence-corrected chi connectivity index (χ2v) is 11.4. The summed E-state index contributed by atoms with van der Waals surface area (Å²) in [5, 5.41) is 4.68. The summed E-state index contributed by atoms with van der Waals surface area (Å²) in [7, 11) is 0. The molecular weight excluding hydrogens is 364 g/mol. The summed E-state index contributed by atoms with van der Waals surface area (Å²) in [5.74, 6) is 2.63. The van der Waals surface area contributed by atoms with Crippen molar-refractivity contribution >= 4 is 11.8 Å². The number of amides is 2. The van der Waals surface area contributed by atoms with Crippen LogP contribution in [0, 0.1) is 23.2 Å². The van der Waals surface area contributed by atoms with Crippen LogP contribution in [-0.4, -0.2) is 21.6 Å². The van der Waals surface area contributed by atoms with Crippen LogP contribution in [0.25, 0.3) is 0 Å². The molecule has 0 atom stereocenters. The second kappa shape index (κ2) is 6.58. The van der Waals surface area contributed by atoms with Crippen molar-refractivity contribution in [3.63, 3.8) is 0 Å². The number of carbonyl (C=O) groups is 2. The molecule has 5 fully saturated rings. The zero-order valence-corrected chi connectivity index (χ0v) is 18.0. The maximum absolute atomic E-state index is 12.9. The molecule has 6 nitrogen and oxygen atoms in total. The molecule has 0 spiro atoms. The van der Waals surface area contributed by atoms with Crippen LogP contribution in [-0.2, 0) is 10.3 Å². The summed E-state index contributed by atoms with van der Waals surface area (Å²) in [6, 6.07) is 1.89. The van der Waals surface area contributed by atoms with E-state index in [-0.39, 0.29) is 22.8 Å². The zero-order valence-electron chi connectivity index (χ0n) is 18.0. The van der Waals surface area contributed by atoms with E-state index in [0.717, 1.165) is 36.3 Å². The Balaban J connectivity index is 1.23. The molecule has 0 saturated heterocycles. The topological polar surface area (TPSA) is 76.0 Å². The predicted molar refractivity (Wildman–Crippen MR) is 110 cm³/mol. The Hall–Kier alpha value is -1.85. The Morgan fingerprint density at radius 3 is 2.17 bits per heavy atom. The normalized spacial score (nSPS) is 33.0. The lowest BCUT2D eigenvalue weighted by Gasteiger charge is -2.56. The van der Waals surface area contributed by atoms with Crippen LogP contribution < -0.4 is 10.9 Å². The van der Waals surface area contributed by atoms with E-state index in [0.29, 0.717) is 18.0 Å². The Labute approximate surface area is 173 Å². The molecule has 2 amide bonds. The Morgan fingerprint density at radius 1 is 1.07 bits per heavy atom. The molecule has 1 aromatic rings. The lowest BCUT2D eigenvalue weighted by molar-refractivity contribution is -0.130. The summed E-state index contributed by atoms with van der Waals surface area (Å²) >= 11 is 0. The molecule has 6 heteroatoms. The van der Waals surface area contributed by atoms with E-state index in [1.54, 1.807) is 4.68 Å². The maximum atomic E-state index is 12.9. The van der Waals surface area contributed by atoms with Crippen molar-refractivity contribution < 1.29 is 9.59 Å². The molecule has 5 saturated carbocycles. The molecule has 2 N–H and O–H groups in total. The molecule has 1 aromatic heterocycles. The van der Waals surface area contributed by atoms with Crippen LogP contribution >= 0.6 is 0 Å². The van der Waals surface area contributed by atoms with Gasteiger partial charge in [-0.3, -0.25) is 25.1 Å². The molecule has 1 heterocycles. The average Bonchev–Trinajstić information content (AvgIpc) is 3.35. The number of hydrazine groups is 1. The van der Waals surface area contributed by atoms with Gasteiger partial charge in [0.2, 0.25) is 5.91 Å². The molecular formula is C23H34N4O2. The Kier molecular flexibility index (Phi) is 4.34. The molecule has 6 rings (SSSR count). The SMILES string of the molecule is CC(C)(C)n1nc(C2CC2)cc1C(=O)NNC(=O)CC12CC3CC(CC(C3)C1)C2. The van der Waals surface area contributed by atoms with Crippen molar-refractivity contribution in [2.45, 2.75) is 90.0 Å². The van der Waals surface area contributed by atoms with Gasteiger partial charge in [-0.05, 0) is 101 Å². The molecule has 0 unspecified atom stereocenters. The van der Waals surface area contributed by atoms with Gasteiger partial charge in [0.25, 0.3) is 5.91 Å². The van der Waals surface area contributed by atoms with Crippen molar-refractivity contribution in [3.05, 3.63) is 17.5 Å². The summed E-state index contributed by atoms with van der Waals surface area (Å²) in [6.07, 6.45) is 10.5. The number of nitrogens with one attached hydrogen (secondary N) is 2. The van der Waals surface area contributed by atoms with Crippen LogP contribution in [0.1, 0.15) is 101 Å². The number of hydrogen-bond acceptors (Lipinski definition) is 3. The van der Waals surface area contributed by atoms with Crippen molar-refractivity contribution in [1.29, 1.82) is 0 Å². The van der Waals surface area contributed by atoms with Gasteiger partial charge < -0.3 is 0 Å². The van der Waals surface area contributed by atoms with E-state index in [4.69, 9.17) is 0 Å². The van der Waals surface area contributed by atoms with Crippen LogP contribution in [0.2, 0.25) is 0 Å². The van der Waals surface area contributed by atoms with Gasteiger partial charge in [0, 0.05) is 12.3 Å². The number of carbonyl (C=O) groups excluding carboxylic acids is 2. The quantitative estimate of drug-likeness (QED) is 0.756. The van der Waals surface area contributed by atoms with Crippen LogP contribution in [0.3, 0.4) is 0 Å². The highest BCUT2D eigenvalue weighted by Gasteiger charge is 2.51. The van der Waals surface area contributed by atoms with Gasteiger partial charge in [-0.1, -0.05) is 0 Å². The summed E-state index contributed by atoms with van der Waals surface area (Å²) in [6.45, 7) is 6.12. The number of hydrogen-bond donors (Lipinski definition) is 2. The fourth-order valence-corrected chi connectivity index (χ4v) is 6.73. The summed E-state index contributed by atoms with van der Waals surface area (Å²) in [5.41, 5.74) is 6.78. The van der Waals surface area contributed by atoms with Gasteiger partial charge in [-0.25, -0.2) is 0 Å². The molecule has 0 aliphatic heterocycles. The highest BCUT2D eigenvalue weighted by Crippen LogP contribution is 2.61. The van der Waals surface area contributed by atoms with Crippen molar-refractivity contribution in [1.82, 2.24) is 20.6 Å². The number of nitrogens with zero attached hydrogens (tertiary/aromatic N) is 2. The minimum atomic E-state index is -0.289. The van der Waals surface area contributed by atoms with Gasteiger partial charge in [-0.15, -0.1) is 0 Å². The fourth-order valence-electron chi connectivity index (χ4n) is 6.73. The van der Waals surface area contributed by atoms with E-state index in [2.05, 4.69) is 16.0 Å². The maximum Gasteiger partial charge on any atom is 0.287 e. The van der Waals surface area contributed by atoms with Gasteiger partial charge in [-0.2, -0.15) is 5.10 Å². The van der Waals surface area contributed by atoms with Gasteiger partial charge in [0.1, 0.15) is 5.69 Å². The van der Waals surface area contributed by atoms with E-state index in [9.17, 15) is 9.59 Å². The predicted octanol–water partition coefficient (Wildman–Crippen LogP) is 3.88. The molecule has 5 aliphatic rings. The first kappa shape index (κ1) is 19.1. The lowest BCUT2D eigenvalue weighted by atomic mass is 9.49. The molecule has 4 bridgehead atoms. The first-order valence-corrected chi connectivity index (χ1v) is 11.4. The van der Waals surface area contributed by atoms with E-state index in [1.165, 1.54) is 38.5 Å². The third-order valence-electron chi connectivity index (χ3n) is 7.61. The molecule has 0 radical (unpaired) electrons. The van der Waals surface area contributed by atoms with E-state index >= 15 is 0 Å². The average molecular weight is 399 g/mol. The lowest BCUT2D eigenvalue weighted by Crippen LogP contribution is -2.50. The minimum absolute atomic E-state index is 0.0514. The largest absolute Gasteiger partial charge is 0.287 e. The molecule has 158 valence electrons. The minimum Gasteiger partial charge on any atom is -0.273 e. The Bertz CT molecular complexity index is 795. The third kappa shape index (κ3) is 3.71. The monoisotopic (exact) mass is 398 g/mol. The third-order valence-corrected chi connectivity index (χ3v) is 7.61. The van der Waals surface area contributed by atoms with Crippen LogP contribution in [0.5, 0.6) is 0 Å². The highest BCUT2D eigenvalue weighted by molar-refractivity contribution is 5.94. The van der Waals surface area contributed by atoms with Crippen molar-refractivity contribution in [2.24, 2.45) is 23.2 Å². The van der Waals surface area contributed by atoms with Gasteiger partial charge in [0.05, 0.1) is 11.2 Å². The van der Waals surface area contributed by atoms with Crippen molar-refractivity contribution in [2.75, 3.05) is 0 Å². The zero-order chi connectivity index (χ0) is 20.4. The molecule has 29 heavy (non-hydrogen) atoms. The second-order valence-electron chi connectivity index (χ2n) is 11.4. The first-order valence-electron chi connectivity index (χ1n) is 11.4. The van der Waals surface area contributed by atoms with Crippen LogP contribution in [0.15, 0.2) is 6.07 Å². The van der Waals surface area contributed by atoms with Crippen molar-refractivity contribution in [3.8, 4) is 0 Å². The fraction of sp³-hybridized carbons (Fsp3) is 0.783. The van der Waals surface area contributed by atoms with Gasteiger partial charge >= 0.3 is 0 Å². The van der Waals surface area contributed by atoms with E-state index in [1.807, 2.05) is 26.8 Å². The molecule has 0 aromatic carbocycles. The van der Waals surface area contributed by atoms with Gasteiger partial charge in [0.15, 0.2) is 0 Å². The first-order chi connectivity index (χ1) is 13.7. The summed E-state index contributed by atoms with van der Waals surface area (Å²) in [4.78, 5) is 25.6. The molecule has 5 aliphatic carbocycles. The number of rotatable bonds is 4. The van der Waals surface area contributed by atoms with E-state index < -0.39 is 0 Å². The smallest absolute Gasteiger partial charge is 0.273 e. The highest BCUT2D eigenvalue weighted by atomic mass is 16.2.